The van der Waals surface area contributed by atoms with Crippen LogP contribution in [0.4, 0.5) is 0 Å². The summed E-state index contributed by atoms with van der Waals surface area (Å²) in [5, 5.41) is 4.47. The lowest BCUT2D eigenvalue weighted by Gasteiger charge is -2.10. The molecule has 0 spiro atoms. The van der Waals surface area contributed by atoms with Gasteiger partial charge in [0.05, 0.1) is 5.69 Å². The monoisotopic (exact) mass is 251 g/mol. The van der Waals surface area contributed by atoms with Crippen LogP contribution < -0.4 is 5.73 Å². The Hall–Kier alpha value is -1.16. The summed E-state index contributed by atoms with van der Waals surface area (Å²) in [6.07, 6.45) is 3.21. The third-order valence-corrected chi connectivity index (χ3v) is 3.32. The third-order valence-electron chi connectivity index (χ3n) is 3.32. The van der Waals surface area contributed by atoms with Gasteiger partial charge in [-0.15, -0.1) is 0 Å². The molecule has 1 heterocycles. The number of hydrogen-bond acceptors (Lipinski definition) is 3. The fraction of sp³-hybridized carbons (Fsp3) is 0.714. The molecule has 4 nitrogen and oxygen atoms in total. The summed E-state index contributed by atoms with van der Waals surface area (Å²) >= 11 is 0. The van der Waals surface area contributed by atoms with Gasteiger partial charge in [0.1, 0.15) is 5.78 Å². The molecular formula is C14H25N3O. The number of nitrogens with zero attached hydrogens (tertiary/aromatic N) is 2. The summed E-state index contributed by atoms with van der Waals surface area (Å²) in [4.78, 5) is 12.1. The molecule has 0 bridgehead atoms. The number of hydrogen-bond donors (Lipinski definition) is 1. The van der Waals surface area contributed by atoms with Crippen LogP contribution in [0, 0.1) is 5.92 Å². The lowest BCUT2D eigenvalue weighted by Crippen LogP contribution is -2.17. The zero-order valence-corrected chi connectivity index (χ0v) is 11.8. The van der Waals surface area contributed by atoms with Gasteiger partial charge in [-0.25, -0.2) is 0 Å². The molecule has 0 aliphatic heterocycles. The van der Waals surface area contributed by atoms with Gasteiger partial charge in [0, 0.05) is 24.6 Å². The average Bonchev–Trinajstić information content (AvgIpc) is 2.77. The minimum atomic E-state index is 0.0961. The van der Waals surface area contributed by atoms with Gasteiger partial charge in [0.25, 0.3) is 0 Å². The van der Waals surface area contributed by atoms with Gasteiger partial charge in [0.15, 0.2) is 0 Å². The molecule has 2 N–H and O–H groups in total. The van der Waals surface area contributed by atoms with Crippen LogP contribution in [-0.2, 0) is 24.2 Å². The molecule has 18 heavy (non-hydrogen) atoms. The highest BCUT2D eigenvalue weighted by molar-refractivity contribution is 5.82. The average molecular weight is 251 g/mol. The van der Waals surface area contributed by atoms with E-state index in [1.165, 1.54) is 0 Å². The van der Waals surface area contributed by atoms with Crippen LogP contribution in [0.2, 0.25) is 0 Å². The Morgan fingerprint density at radius 3 is 2.78 bits per heavy atom. The summed E-state index contributed by atoms with van der Waals surface area (Å²) < 4.78 is 1.94. The molecule has 1 aromatic heterocycles. The fourth-order valence-corrected chi connectivity index (χ4v) is 2.04. The van der Waals surface area contributed by atoms with Gasteiger partial charge in [0.2, 0.25) is 0 Å². The molecule has 0 amide bonds. The van der Waals surface area contributed by atoms with Crippen LogP contribution in [0.15, 0.2) is 6.07 Å². The number of carbonyl (C=O) groups is 1. The van der Waals surface area contributed by atoms with E-state index in [-0.39, 0.29) is 5.92 Å². The molecule has 4 heteroatoms. The highest BCUT2D eigenvalue weighted by atomic mass is 16.1. The van der Waals surface area contributed by atoms with Gasteiger partial charge in [-0.1, -0.05) is 13.8 Å². The summed E-state index contributed by atoms with van der Waals surface area (Å²) in [6, 6.07) is 2.05. The van der Waals surface area contributed by atoms with Crippen LogP contribution in [-0.4, -0.2) is 22.1 Å². The fourth-order valence-electron chi connectivity index (χ4n) is 2.04. The Morgan fingerprint density at radius 2 is 2.22 bits per heavy atom. The van der Waals surface area contributed by atoms with E-state index in [9.17, 15) is 4.79 Å². The van der Waals surface area contributed by atoms with E-state index in [4.69, 9.17) is 5.73 Å². The van der Waals surface area contributed by atoms with Crippen LogP contribution in [0.1, 0.15) is 45.0 Å². The number of aryl methyl sites for hydroxylation is 2. The molecule has 1 aromatic rings. The highest BCUT2D eigenvalue weighted by Gasteiger charge is 2.16. The van der Waals surface area contributed by atoms with Gasteiger partial charge < -0.3 is 5.73 Å². The topological polar surface area (TPSA) is 60.9 Å². The van der Waals surface area contributed by atoms with Crippen molar-refractivity contribution in [3.8, 4) is 0 Å². The first-order chi connectivity index (χ1) is 8.62. The first kappa shape index (κ1) is 14.9. The van der Waals surface area contributed by atoms with Crippen molar-refractivity contribution in [1.82, 2.24) is 9.78 Å². The van der Waals surface area contributed by atoms with E-state index in [0.717, 1.165) is 37.2 Å². The van der Waals surface area contributed by atoms with Crippen molar-refractivity contribution in [2.75, 3.05) is 6.54 Å². The largest absolute Gasteiger partial charge is 0.330 e. The maximum atomic E-state index is 12.1. The van der Waals surface area contributed by atoms with Gasteiger partial charge >= 0.3 is 0 Å². The van der Waals surface area contributed by atoms with Crippen molar-refractivity contribution in [1.29, 1.82) is 0 Å². The van der Waals surface area contributed by atoms with Crippen molar-refractivity contribution in [2.45, 2.75) is 53.0 Å². The van der Waals surface area contributed by atoms with E-state index in [1.54, 1.807) is 0 Å². The van der Waals surface area contributed by atoms with Crippen molar-refractivity contribution in [2.24, 2.45) is 11.7 Å². The predicted octanol–water partition coefficient (Wildman–Crippen LogP) is 1.95. The number of carbonyl (C=O) groups excluding carboxylic acids is 1. The number of ketones is 1. The highest BCUT2D eigenvalue weighted by Crippen LogP contribution is 2.13. The minimum Gasteiger partial charge on any atom is -0.330 e. The lowest BCUT2D eigenvalue weighted by molar-refractivity contribution is -0.122. The molecule has 0 fully saturated rings. The van der Waals surface area contributed by atoms with E-state index in [2.05, 4.69) is 25.0 Å². The Balaban J connectivity index is 2.65. The maximum Gasteiger partial charge on any atom is 0.141 e. The standard InChI is InChI=1S/C14H25N3O/c1-4-12-9-13(17(5-2)16-12)10-14(18)11(3)7-6-8-15/h9,11H,4-8,10,15H2,1-3H3. The zero-order chi connectivity index (χ0) is 13.5. The van der Waals surface area contributed by atoms with Crippen LogP contribution in [0.25, 0.3) is 0 Å². The van der Waals surface area contributed by atoms with Crippen molar-refractivity contribution in [3.63, 3.8) is 0 Å². The van der Waals surface area contributed by atoms with Crippen molar-refractivity contribution in [3.05, 3.63) is 17.5 Å². The quantitative estimate of drug-likeness (QED) is 0.768. The maximum absolute atomic E-state index is 12.1. The molecule has 1 unspecified atom stereocenters. The molecule has 0 saturated carbocycles. The van der Waals surface area contributed by atoms with E-state index in [1.807, 2.05) is 11.6 Å². The number of Topliss-reactive ketones (excluding diaryl/α,β-unsaturated/α-hetero) is 1. The van der Waals surface area contributed by atoms with Crippen molar-refractivity contribution < 1.29 is 4.79 Å². The normalized spacial score (nSPS) is 12.7. The van der Waals surface area contributed by atoms with Crippen LogP contribution in [0.3, 0.4) is 0 Å². The Labute approximate surface area is 110 Å². The molecule has 0 aliphatic carbocycles. The molecule has 0 radical (unpaired) electrons. The predicted molar refractivity (Wildman–Crippen MR) is 73.4 cm³/mol. The SMILES string of the molecule is CCc1cc(CC(=O)C(C)CCCN)n(CC)n1. The van der Waals surface area contributed by atoms with E-state index >= 15 is 0 Å². The van der Waals surface area contributed by atoms with E-state index < -0.39 is 0 Å². The lowest BCUT2D eigenvalue weighted by atomic mass is 9.97. The molecule has 0 aromatic carbocycles. The number of nitrogens with two attached hydrogens (primary N) is 1. The Kier molecular flexibility index (Phi) is 6.05. The zero-order valence-electron chi connectivity index (χ0n) is 11.8. The Bertz CT molecular complexity index is 384. The van der Waals surface area contributed by atoms with Gasteiger partial charge in [-0.3, -0.25) is 9.48 Å². The smallest absolute Gasteiger partial charge is 0.141 e. The van der Waals surface area contributed by atoms with Crippen LogP contribution >= 0.6 is 0 Å². The summed E-state index contributed by atoms with van der Waals surface area (Å²) in [7, 11) is 0. The van der Waals surface area contributed by atoms with Gasteiger partial charge in [-0.05, 0) is 38.8 Å². The molecule has 0 saturated heterocycles. The molecule has 1 atom stereocenters. The minimum absolute atomic E-state index is 0.0961. The van der Waals surface area contributed by atoms with Gasteiger partial charge in [-0.2, -0.15) is 5.10 Å². The first-order valence-corrected chi connectivity index (χ1v) is 6.90. The number of aromatic nitrogens is 2. The summed E-state index contributed by atoms with van der Waals surface area (Å²) in [5.74, 6) is 0.388. The third kappa shape index (κ3) is 3.95. The number of rotatable bonds is 8. The van der Waals surface area contributed by atoms with E-state index in [0.29, 0.717) is 18.7 Å². The summed E-state index contributed by atoms with van der Waals surface area (Å²) in [5.41, 5.74) is 7.58. The first-order valence-electron chi connectivity index (χ1n) is 6.90. The second kappa shape index (κ2) is 7.31. The second-order valence-corrected chi connectivity index (χ2v) is 4.77. The Morgan fingerprint density at radius 1 is 1.50 bits per heavy atom. The molecule has 1 rings (SSSR count). The van der Waals surface area contributed by atoms with Crippen LogP contribution in [0.5, 0.6) is 0 Å². The molecular weight excluding hydrogens is 226 g/mol. The molecule has 0 aliphatic rings. The second-order valence-electron chi connectivity index (χ2n) is 4.77. The summed E-state index contributed by atoms with van der Waals surface area (Å²) in [6.45, 7) is 7.60. The molecule has 102 valence electrons. The van der Waals surface area contributed by atoms with Crippen molar-refractivity contribution >= 4 is 5.78 Å².